The summed E-state index contributed by atoms with van der Waals surface area (Å²) in [4.78, 5) is 0. The van der Waals surface area contributed by atoms with Gasteiger partial charge >= 0.3 is 0 Å². The van der Waals surface area contributed by atoms with E-state index in [0.717, 1.165) is 19.1 Å². The molecule has 0 saturated carbocycles. The van der Waals surface area contributed by atoms with Crippen molar-refractivity contribution in [1.82, 2.24) is 5.32 Å². The minimum atomic E-state index is 0.571. The fourth-order valence-electron chi connectivity index (χ4n) is 1.84. The van der Waals surface area contributed by atoms with E-state index in [1.807, 2.05) is 0 Å². The van der Waals surface area contributed by atoms with Crippen LogP contribution in [-0.2, 0) is 4.74 Å². The molecule has 2 heteroatoms. The fourth-order valence-corrected chi connectivity index (χ4v) is 1.84. The first-order chi connectivity index (χ1) is 6.79. The van der Waals surface area contributed by atoms with Gasteiger partial charge in [0.2, 0.25) is 0 Å². The van der Waals surface area contributed by atoms with Crippen LogP contribution in [0.5, 0.6) is 0 Å². The molecule has 0 amide bonds. The number of rotatable bonds is 7. The molecule has 1 aliphatic heterocycles. The zero-order valence-corrected chi connectivity index (χ0v) is 9.72. The van der Waals surface area contributed by atoms with Gasteiger partial charge in [-0.1, -0.05) is 13.8 Å². The van der Waals surface area contributed by atoms with E-state index in [-0.39, 0.29) is 0 Å². The Kier molecular flexibility index (Phi) is 6.20. The predicted octanol–water partition coefficient (Wildman–Crippen LogP) is 2.58. The smallest absolute Gasteiger partial charge is 0.0576 e. The Labute approximate surface area is 88.4 Å². The van der Waals surface area contributed by atoms with Gasteiger partial charge in [-0.05, 0) is 51.1 Å². The largest absolute Gasteiger partial charge is 0.378 e. The molecule has 1 unspecified atom stereocenters. The molecule has 1 N–H and O–H groups in total. The van der Waals surface area contributed by atoms with Crippen molar-refractivity contribution in [3.8, 4) is 0 Å². The SMILES string of the molecule is CC(C)CCNCCCC1CCCO1. The summed E-state index contributed by atoms with van der Waals surface area (Å²) in [7, 11) is 0. The average molecular weight is 199 g/mol. The lowest BCUT2D eigenvalue weighted by Crippen LogP contribution is -2.19. The van der Waals surface area contributed by atoms with Crippen LogP contribution in [0.3, 0.4) is 0 Å². The topological polar surface area (TPSA) is 21.3 Å². The number of nitrogens with one attached hydrogen (secondary N) is 1. The molecule has 14 heavy (non-hydrogen) atoms. The first kappa shape index (κ1) is 12.0. The van der Waals surface area contributed by atoms with E-state index in [9.17, 15) is 0 Å². The fraction of sp³-hybridized carbons (Fsp3) is 1.00. The summed E-state index contributed by atoms with van der Waals surface area (Å²) in [5.74, 6) is 0.820. The van der Waals surface area contributed by atoms with Crippen LogP contribution in [0.15, 0.2) is 0 Å². The Morgan fingerprint density at radius 3 is 2.86 bits per heavy atom. The van der Waals surface area contributed by atoms with Crippen LogP contribution in [0.4, 0.5) is 0 Å². The standard InChI is InChI=1S/C12H25NO/c1-11(2)7-9-13-8-3-5-12-6-4-10-14-12/h11-13H,3-10H2,1-2H3. The molecule has 1 rings (SSSR count). The van der Waals surface area contributed by atoms with Gasteiger partial charge in [0, 0.05) is 6.61 Å². The van der Waals surface area contributed by atoms with Crippen LogP contribution in [0.25, 0.3) is 0 Å². The van der Waals surface area contributed by atoms with Gasteiger partial charge in [0.05, 0.1) is 6.10 Å². The molecule has 84 valence electrons. The van der Waals surface area contributed by atoms with E-state index in [4.69, 9.17) is 4.74 Å². The molecule has 0 bridgehead atoms. The van der Waals surface area contributed by atoms with Crippen molar-refractivity contribution in [2.45, 2.75) is 52.1 Å². The molecule has 0 radical (unpaired) electrons. The highest BCUT2D eigenvalue weighted by molar-refractivity contribution is 4.65. The van der Waals surface area contributed by atoms with E-state index in [1.54, 1.807) is 0 Å². The van der Waals surface area contributed by atoms with Crippen LogP contribution in [0, 0.1) is 5.92 Å². The van der Waals surface area contributed by atoms with E-state index >= 15 is 0 Å². The van der Waals surface area contributed by atoms with Crippen molar-refractivity contribution in [2.24, 2.45) is 5.92 Å². The van der Waals surface area contributed by atoms with Gasteiger partial charge in [0.1, 0.15) is 0 Å². The zero-order valence-electron chi connectivity index (χ0n) is 9.72. The quantitative estimate of drug-likeness (QED) is 0.636. The van der Waals surface area contributed by atoms with E-state index in [0.29, 0.717) is 6.10 Å². The Morgan fingerprint density at radius 2 is 2.21 bits per heavy atom. The van der Waals surface area contributed by atoms with E-state index < -0.39 is 0 Å². The second kappa shape index (κ2) is 7.24. The third-order valence-electron chi connectivity index (χ3n) is 2.80. The van der Waals surface area contributed by atoms with E-state index in [2.05, 4.69) is 19.2 Å². The Morgan fingerprint density at radius 1 is 1.36 bits per heavy atom. The van der Waals surface area contributed by atoms with Crippen LogP contribution >= 0.6 is 0 Å². The number of ether oxygens (including phenoxy) is 1. The van der Waals surface area contributed by atoms with Gasteiger partial charge in [-0.2, -0.15) is 0 Å². The Hall–Kier alpha value is -0.0800. The van der Waals surface area contributed by atoms with Crippen LogP contribution < -0.4 is 5.32 Å². The zero-order chi connectivity index (χ0) is 10.2. The first-order valence-electron chi connectivity index (χ1n) is 6.11. The molecule has 1 atom stereocenters. The summed E-state index contributed by atoms with van der Waals surface area (Å²) in [5.41, 5.74) is 0. The molecule has 1 heterocycles. The van der Waals surface area contributed by atoms with Gasteiger partial charge in [0.15, 0.2) is 0 Å². The highest BCUT2D eigenvalue weighted by atomic mass is 16.5. The van der Waals surface area contributed by atoms with Gasteiger partial charge < -0.3 is 10.1 Å². The minimum Gasteiger partial charge on any atom is -0.378 e. The molecule has 0 aromatic heterocycles. The molecule has 2 nitrogen and oxygen atoms in total. The average Bonchev–Trinajstić information content (AvgIpc) is 2.63. The third-order valence-corrected chi connectivity index (χ3v) is 2.80. The van der Waals surface area contributed by atoms with Gasteiger partial charge in [-0.3, -0.25) is 0 Å². The summed E-state index contributed by atoms with van der Waals surface area (Å²) in [5, 5.41) is 3.49. The highest BCUT2D eigenvalue weighted by Gasteiger charge is 2.14. The second-order valence-electron chi connectivity index (χ2n) is 4.71. The molecule has 1 fully saturated rings. The molecule has 0 aromatic carbocycles. The van der Waals surface area contributed by atoms with Crippen molar-refractivity contribution in [1.29, 1.82) is 0 Å². The van der Waals surface area contributed by atoms with Crippen LogP contribution in [0.2, 0.25) is 0 Å². The molecular weight excluding hydrogens is 174 g/mol. The Balaban J connectivity index is 1.79. The van der Waals surface area contributed by atoms with Crippen LogP contribution in [0.1, 0.15) is 46.0 Å². The van der Waals surface area contributed by atoms with E-state index in [1.165, 1.54) is 38.6 Å². The lowest BCUT2D eigenvalue weighted by molar-refractivity contribution is 0.102. The highest BCUT2D eigenvalue weighted by Crippen LogP contribution is 2.16. The molecule has 0 aliphatic carbocycles. The van der Waals surface area contributed by atoms with Crippen molar-refractivity contribution >= 4 is 0 Å². The maximum atomic E-state index is 5.57. The molecule has 0 aromatic rings. The van der Waals surface area contributed by atoms with Crippen molar-refractivity contribution < 1.29 is 4.74 Å². The predicted molar refractivity (Wildman–Crippen MR) is 60.5 cm³/mol. The molecular formula is C12H25NO. The van der Waals surface area contributed by atoms with Gasteiger partial charge in [-0.15, -0.1) is 0 Å². The molecule has 1 aliphatic rings. The summed E-state index contributed by atoms with van der Waals surface area (Å²) in [6, 6.07) is 0. The summed E-state index contributed by atoms with van der Waals surface area (Å²) < 4.78 is 5.57. The maximum absolute atomic E-state index is 5.57. The van der Waals surface area contributed by atoms with Crippen molar-refractivity contribution in [3.05, 3.63) is 0 Å². The summed E-state index contributed by atoms with van der Waals surface area (Å²) >= 11 is 0. The third kappa shape index (κ3) is 5.61. The lowest BCUT2D eigenvalue weighted by atomic mass is 10.1. The summed E-state index contributed by atoms with van der Waals surface area (Å²) in [6.45, 7) is 7.86. The van der Waals surface area contributed by atoms with Crippen molar-refractivity contribution in [3.63, 3.8) is 0 Å². The van der Waals surface area contributed by atoms with Gasteiger partial charge in [-0.25, -0.2) is 0 Å². The summed E-state index contributed by atoms with van der Waals surface area (Å²) in [6.07, 6.45) is 6.93. The Bertz CT molecular complexity index is 130. The van der Waals surface area contributed by atoms with Gasteiger partial charge in [0.25, 0.3) is 0 Å². The maximum Gasteiger partial charge on any atom is 0.0576 e. The number of hydrogen-bond acceptors (Lipinski definition) is 2. The normalized spacial score (nSPS) is 22.1. The molecule has 0 spiro atoms. The second-order valence-corrected chi connectivity index (χ2v) is 4.71. The monoisotopic (exact) mass is 199 g/mol. The van der Waals surface area contributed by atoms with Crippen LogP contribution in [-0.4, -0.2) is 25.8 Å². The minimum absolute atomic E-state index is 0.571. The number of hydrogen-bond donors (Lipinski definition) is 1. The first-order valence-corrected chi connectivity index (χ1v) is 6.11. The van der Waals surface area contributed by atoms with Crippen molar-refractivity contribution in [2.75, 3.05) is 19.7 Å². The molecule has 1 saturated heterocycles. The lowest BCUT2D eigenvalue weighted by Gasteiger charge is -2.10.